The van der Waals surface area contributed by atoms with Crippen molar-refractivity contribution in [2.45, 2.75) is 44.4 Å². The van der Waals surface area contributed by atoms with Crippen LogP contribution in [0.1, 0.15) is 25.7 Å². The number of aliphatic hydroxyl groups excluding tert-OH is 1. The van der Waals surface area contributed by atoms with Gasteiger partial charge in [0.15, 0.2) is 0 Å². The SMILES string of the molecule is O=C(Cn1cccnc1=O)NC1CCCCC1O. The van der Waals surface area contributed by atoms with Crippen LogP contribution in [0.5, 0.6) is 0 Å². The van der Waals surface area contributed by atoms with Crippen molar-refractivity contribution < 1.29 is 9.90 Å². The van der Waals surface area contributed by atoms with Crippen LogP contribution in [0.15, 0.2) is 23.3 Å². The number of carbonyl (C=O) groups excluding carboxylic acids is 1. The summed E-state index contributed by atoms with van der Waals surface area (Å²) in [4.78, 5) is 26.7. The lowest BCUT2D eigenvalue weighted by Crippen LogP contribution is -2.46. The fraction of sp³-hybridized carbons (Fsp3) is 0.583. The highest BCUT2D eigenvalue weighted by molar-refractivity contribution is 5.76. The quantitative estimate of drug-likeness (QED) is 0.770. The summed E-state index contributed by atoms with van der Waals surface area (Å²) < 4.78 is 1.24. The van der Waals surface area contributed by atoms with Crippen molar-refractivity contribution in [1.29, 1.82) is 0 Å². The van der Waals surface area contributed by atoms with Crippen LogP contribution in [0.4, 0.5) is 0 Å². The van der Waals surface area contributed by atoms with Gasteiger partial charge in [0.2, 0.25) is 5.91 Å². The van der Waals surface area contributed by atoms with E-state index in [0.29, 0.717) is 0 Å². The molecule has 1 aliphatic carbocycles. The first-order valence-corrected chi connectivity index (χ1v) is 6.16. The van der Waals surface area contributed by atoms with E-state index in [1.165, 1.54) is 17.0 Å². The average Bonchev–Trinajstić information content (AvgIpc) is 2.35. The zero-order chi connectivity index (χ0) is 13.0. The number of aromatic nitrogens is 2. The number of hydrogen-bond donors (Lipinski definition) is 2. The summed E-state index contributed by atoms with van der Waals surface area (Å²) in [6.07, 6.45) is 5.94. The van der Waals surface area contributed by atoms with Gasteiger partial charge in [-0.25, -0.2) is 9.78 Å². The highest BCUT2D eigenvalue weighted by Crippen LogP contribution is 2.18. The van der Waals surface area contributed by atoms with Crippen molar-refractivity contribution in [3.05, 3.63) is 28.9 Å². The molecule has 1 saturated carbocycles. The number of rotatable bonds is 3. The van der Waals surface area contributed by atoms with Crippen molar-refractivity contribution in [3.63, 3.8) is 0 Å². The molecule has 0 bridgehead atoms. The van der Waals surface area contributed by atoms with Gasteiger partial charge in [-0.3, -0.25) is 9.36 Å². The van der Waals surface area contributed by atoms with Gasteiger partial charge in [0.1, 0.15) is 6.54 Å². The lowest BCUT2D eigenvalue weighted by molar-refractivity contribution is -0.123. The summed E-state index contributed by atoms with van der Waals surface area (Å²) in [5, 5.41) is 12.5. The Morgan fingerprint density at radius 2 is 2.28 bits per heavy atom. The van der Waals surface area contributed by atoms with Crippen LogP contribution in [-0.4, -0.2) is 32.7 Å². The molecule has 1 fully saturated rings. The summed E-state index contributed by atoms with van der Waals surface area (Å²) in [6.45, 7) is -0.0596. The summed E-state index contributed by atoms with van der Waals surface area (Å²) in [5.41, 5.74) is -0.447. The van der Waals surface area contributed by atoms with Crippen LogP contribution < -0.4 is 11.0 Å². The largest absolute Gasteiger partial charge is 0.391 e. The lowest BCUT2D eigenvalue weighted by Gasteiger charge is -2.28. The molecular formula is C12H17N3O3. The first-order chi connectivity index (χ1) is 8.66. The Kier molecular flexibility index (Phi) is 4.09. The standard InChI is InChI=1S/C12H17N3O3/c16-10-5-2-1-4-9(10)14-11(17)8-15-7-3-6-13-12(15)18/h3,6-7,9-10,16H,1-2,4-5,8H2,(H,14,17). The van der Waals surface area contributed by atoms with Gasteiger partial charge < -0.3 is 10.4 Å². The van der Waals surface area contributed by atoms with Gasteiger partial charge >= 0.3 is 5.69 Å². The summed E-state index contributed by atoms with van der Waals surface area (Å²) >= 11 is 0. The maximum absolute atomic E-state index is 11.8. The van der Waals surface area contributed by atoms with Gasteiger partial charge in [0.25, 0.3) is 0 Å². The number of nitrogens with one attached hydrogen (secondary N) is 1. The number of hydrogen-bond acceptors (Lipinski definition) is 4. The molecule has 0 spiro atoms. The Bertz CT molecular complexity index is 472. The molecular weight excluding hydrogens is 234 g/mol. The predicted octanol–water partition coefficient (Wildman–Crippen LogP) is -0.337. The molecule has 0 radical (unpaired) electrons. The molecule has 1 aromatic rings. The van der Waals surface area contributed by atoms with Crippen LogP contribution in [0.3, 0.4) is 0 Å². The molecule has 1 aromatic heterocycles. The maximum Gasteiger partial charge on any atom is 0.347 e. The van der Waals surface area contributed by atoms with E-state index in [1.807, 2.05) is 0 Å². The molecule has 2 N–H and O–H groups in total. The minimum Gasteiger partial charge on any atom is -0.391 e. The highest BCUT2D eigenvalue weighted by atomic mass is 16.3. The number of aliphatic hydroxyl groups is 1. The molecule has 2 unspecified atom stereocenters. The molecule has 0 aliphatic heterocycles. The van der Waals surface area contributed by atoms with E-state index >= 15 is 0 Å². The van der Waals surface area contributed by atoms with Crippen LogP contribution >= 0.6 is 0 Å². The summed E-state index contributed by atoms with van der Waals surface area (Å²) in [6, 6.07) is 1.41. The smallest absolute Gasteiger partial charge is 0.347 e. The maximum atomic E-state index is 11.8. The second kappa shape index (κ2) is 5.77. The van der Waals surface area contributed by atoms with Crippen LogP contribution in [0.25, 0.3) is 0 Å². The summed E-state index contributed by atoms with van der Waals surface area (Å²) in [5.74, 6) is -0.268. The minimum absolute atomic E-state index is 0.0596. The monoisotopic (exact) mass is 251 g/mol. The fourth-order valence-electron chi connectivity index (χ4n) is 2.19. The van der Waals surface area contributed by atoms with E-state index in [1.54, 1.807) is 6.07 Å². The molecule has 1 aliphatic rings. The molecule has 1 heterocycles. The molecule has 18 heavy (non-hydrogen) atoms. The molecule has 0 aromatic carbocycles. The molecule has 0 saturated heterocycles. The van der Waals surface area contributed by atoms with Crippen molar-refractivity contribution in [2.75, 3.05) is 0 Å². The normalized spacial score (nSPS) is 23.6. The second-order valence-electron chi connectivity index (χ2n) is 4.56. The Morgan fingerprint density at radius 3 is 3.00 bits per heavy atom. The van der Waals surface area contributed by atoms with Crippen molar-refractivity contribution in [3.8, 4) is 0 Å². The van der Waals surface area contributed by atoms with Crippen molar-refractivity contribution >= 4 is 5.91 Å². The van der Waals surface area contributed by atoms with Gasteiger partial charge in [0.05, 0.1) is 12.1 Å². The Morgan fingerprint density at radius 1 is 1.50 bits per heavy atom. The number of carbonyl (C=O) groups is 1. The van der Waals surface area contributed by atoms with Crippen LogP contribution in [-0.2, 0) is 11.3 Å². The molecule has 2 rings (SSSR count). The first-order valence-electron chi connectivity index (χ1n) is 6.16. The Labute approximate surface area is 105 Å². The van der Waals surface area contributed by atoms with Gasteiger partial charge in [-0.1, -0.05) is 12.8 Å². The molecule has 2 atom stereocenters. The zero-order valence-corrected chi connectivity index (χ0v) is 10.1. The lowest BCUT2D eigenvalue weighted by atomic mass is 9.92. The van der Waals surface area contributed by atoms with Gasteiger partial charge in [-0.15, -0.1) is 0 Å². The predicted molar refractivity (Wildman–Crippen MR) is 64.9 cm³/mol. The van der Waals surface area contributed by atoms with Gasteiger partial charge in [0, 0.05) is 12.4 Å². The van der Waals surface area contributed by atoms with E-state index in [9.17, 15) is 14.7 Å². The molecule has 6 nitrogen and oxygen atoms in total. The third kappa shape index (κ3) is 3.16. The first kappa shape index (κ1) is 12.8. The van der Waals surface area contributed by atoms with Crippen molar-refractivity contribution in [2.24, 2.45) is 0 Å². The third-order valence-corrected chi connectivity index (χ3v) is 3.17. The van der Waals surface area contributed by atoms with Crippen molar-refractivity contribution in [1.82, 2.24) is 14.9 Å². The number of amides is 1. The van der Waals surface area contributed by atoms with E-state index in [0.717, 1.165) is 25.7 Å². The van der Waals surface area contributed by atoms with Gasteiger partial charge in [-0.05, 0) is 18.9 Å². The average molecular weight is 251 g/mol. The Balaban J connectivity index is 1.92. The highest BCUT2D eigenvalue weighted by Gasteiger charge is 2.24. The van der Waals surface area contributed by atoms with E-state index in [2.05, 4.69) is 10.3 Å². The topological polar surface area (TPSA) is 84.2 Å². The third-order valence-electron chi connectivity index (χ3n) is 3.17. The molecule has 98 valence electrons. The molecule has 6 heteroatoms. The van der Waals surface area contributed by atoms with E-state index in [4.69, 9.17) is 0 Å². The van der Waals surface area contributed by atoms with Gasteiger partial charge in [-0.2, -0.15) is 0 Å². The van der Waals surface area contributed by atoms with E-state index in [-0.39, 0.29) is 18.5 Å². The zero-order valence-electron chi connectivity index (χ0n) is 10.1. The van der Waals surface area contributed by atoms with Crippen LogP contribution in [0.2, 0.25) is 0 Å². The number of nitrogens with zero attached hydrogens (tertiary/aromatic N) is 2. The van der Waals surface area contributed by atoms with E-state index < -0.39 is 11.8 Å². The second-order valence-corrected chi connectivity index (χ2v) is 4.56. The minimum atomic E-state index is -0.478. The fourth-order valence-corrected chi connectivity index (χ4v) is 2.19. The molecule has 1 amide bonds. The van der Waals surface area contributed by atoms with Crippen LogP contribution in [0, 0.1) is 0 Å². The Hall–Kier alpha value is -1.69. The summed E-state index contributed by atoms with van der Waals surface area (Å²) in [7, 11) is 0.